The Labute approximate surface area is 158 Å². The molecule has 0 aromatic heterocycles. The van der Waals surface area contributed by atoms with Crippen molar-refractivity contribution in [1.29, 1.82) is 0 Å². The number of nitro groups is 1. The second kappa shape index (κ2) is 7.00. The summed E-state index contributed by atoms with van der Waals surface area (Å²) >= 11 is 6.02. The van der Waals surface area contributed by atoms with Gasteiger partial charge in [0.25, 0.3) is 17.5 Å². The molecule has 2 aromatic carbocycles. The van der Waals surface area contributed by atoms with E-state index in [0.29, 0.717) is 0 Å². The van der Waals surface area contributed by atoms with E-state index in [4.69, 9.17) is 11.6 Å². The van der Waals surface area contributed by atoms with Crippen LogP contribution in [-0.4, -0.2) is 22.8 Å². The fourth-order valence-electron chi connectivity index (χ4n) is 2.50. The Morgan fingerprint density at radius 3 is 2.41 bits per heavy atom. The molecule has 1 N–H and O–H groups in total. The Balaban J connectivity index is 2.06. The molecule has 136 valence electrons. The predicted molar refractivity (Wildman–Crippen MR) is 98.3 cm³/mol. The van der Waals surface area contributed by atoms with Crippen molar-refractivity contribution in [2.45, 2.75) is 6.92 Å². The third kappa shape index (κ3) is 3.56. The highest BCUT2D eigenvalue weighted by Crippen LogP contribution is 2.27. The molecule has 27 heavy (non-hydrogen) atoms. The lowest BCUT2D eigenvalue weighted by atomic mass is 10.1. The van der Waals surface area contributed by atoms with Crippen LogP contribution in [0, 0.1) is 17.0 Å². The second-order valence-electron chi connectivity index (χ2n) is 5.76. The van der Waals surface area contributed by atoms with E-state index in [1.165, 1.54) is 12.1 Å². The number of non-ortho nitro benzene ring substituents is 1. The molecule has 9 heteroatoms. The van der Waals surface area contributed by atoms with Gasteiger partial charge in [0, 0.05) is 22.7 Å². The summed E-state index contributed by atoms with van der Waals surface area (Å²) in [6.45, 7) is 1.85. The van der Waals surface area contributed by atoms with Gasteiger partial charge in [0.15, 0.2) is 0 Å². The minimum absolute atomic E-state index is 0.113. The summed E-state index contributed by atoms with van der Waals surface area (Å²) in [5.41, 5.74) is 0.715. The van der Waals surface area contributed by atoms with Crippen LogP contribution >= 0.6 is 11.6 Å². The van der Waals surface area contributed by atoms with Gasteiger partial charge in [-0.3, -0.25) is 25.0 Å². The first kappa shape index (κ1) is 18.3. The normalized spacial score (nSPS) is 15.9. The highest BCUT2D eigenvalue weighted by molar-refractivity contribution is 6.39. The fourth-order valence-corrected chi connectivity index (χ4v) is 2.67. The smallest absolute Gasteiger partial charge is 0.273 e. The molecule has 4 amide bonds. The van der Waals surface area contributed by atoms with Crippen LogP contribution in [0.3, 0.4) is 0 Å². The summed E-state index contributed by atoms with van der Waals surface area (Å²) < 4.78 is 0. The van der Waals surface area contributed by atoms with Crippen LogP contribution in [0.5, 0.6) is 0 Å². The van der Waals surface area contributed by atoms with Crippen molar-refractivity contribution in [3.8, 4) is 0 Å². The van der Waals surface area contributed by atoms with Crippen LogP contribution in [0.1, 0.15) is 11.1 Å². The molecular weight excluding hydrogens is 374 g/mol. The lowest BCUT2D eigenvalue weighted by Gasteiger charge is -2.26. The number of carbonyl (C=O) groups is 3. The monoisotopic (exact) mass is 385 g/mol. The van der Waals surface area contributed by atoms with Gasteiger partial charge in [-0.1, -0.05) is 29.3 Å². The molecule has 1 aliphatic heterocycles. The maximum absolute atomic E-state index is 12.8. The molecule has 1 aliphatic rings. The Bertz CT molecular complexity index is 1010. The number of nitro benzene ring substituents is 1. The van der Waals surface area contributed by atoms with Crippen molar-refractivity contribution < 1.29 is 19.3 Å². The van der Waals surface area contributed by atoms with Gasteiger partial charge in [0.05, 0.1) is 10.6 Å². The number of urea groups is 1. The topological polar surface area (TPSA) is 110 Å². The number of amides is 4. The van der Waals surface area contributed by atoms with Crippen molar-refractivity contribution in [1.82, 2.24) is 5.32 Å². The average Bonchev–Trinajstić information content (AvgIpc) is 2.61. The summed E-state index contributed by atoms with van der Waals surface area (Å²) in [5, 5.41) is 13.1. The Hall–Kier alpha value is -3.52. The molecule has 1 fully saturated rings. The van der Waals surface area contributed by atoms with Crippen molar-refractivity contribution in [3.63, 3.8) is 0 Å². The summed E-state index contributed by atoms with van der Waals surface area (Å²) in [5.74, 6) is -1.76. The third-order valence-electron chi connectivity index (χ3n) is 3.88. The number of barbiturate groups is 1. The van der Waals surface area contributed by atoms with Crippen molar-refractivity contribution >= 4 is 46.9 Å². The van der Waals surface area contributed by atoms with Crippen molar-refractivity contribution in [2.75, 3.05) is 4.90 Å². The van der Waals surface area contributed by atoms with Gasteiger partial charge in [-0.05, 0) is 31.2 Å². The molecule has 1 heterocycles. The molecular formula is C18H12ClN3O5. The summed E-state index contributed by atoms with van der Waals surface area (Å²) in [4.78, 5) is 48.2. The van der Waals surface area contributed by atoms with E-state index in [1.807, 2.05) is 6.92 Å². The van der Waals surface area contributed by atoms with Gasteiger partial charge in [-0.25, -0.2) is 9.69 Å². The van der Waals surface area contributed by atoms with Gasteiger partial charge >= 0.3 is 6.03 Å². The zero-order chi connectivity index (χ0) is 19.7. The van der Waals surface area contributed by atoms with Crippen molar-refractivity contribution in [3.05, 3.63) is 74.3 Å². The lowest BCUT2D eigenvalue weighted by molar-refractivity contribution is -0.384. The molecule has 0 spiro atoms. The molecule has 0 saturated carbocycles. The zero-order valence-electron chi connectivity index (χ0n) is 13.9. The van der Waals surface area contributed by atoms with Crippen LogP contribution in [0.2, 0.25) is 5.02 Å². The van der Waals surface area contributed by atoms with Gasteiger partial charge in [0.2, 0.25) is 0 Å². The van der Waals surface area contributed by atoms with Crippen LogP contribution < -0.4 is 10.2 Å². The third-order valence-corrected chi connectivity index (χ3v) is 4.23. The number of anilines is 1. The first-order valence-electron chi connectivity index (χ1n) is 7.70. The predicted octanol–water partition coefficient (Wildman–Crippen LogP) is 3.22. The van der Waals surface area contributed by atoms with Gasteiger partial charge in [-0.2, -0.15) is 0 Å². The first-order valence-corrected chi connectivity index (χ1v) is 8.08. The zero-order valence-corrected chi connectivity index (χ0v) is 14.7. The molecule has 3 rings (SSSR count). The number of hydrogen-bond donors (Lipinski definition) is 1. The second-order valence-corrected chi connectivity index (χ2v) is 6.16. The van der Waals surface area contributed by atoms with Gasteiger partial charge in [-0.15, -0.1) is 0 Å². The highest BCUT2D eigenvalue weighted by atomic mass is 35.5. The Morgan fingerprint density at radius 2 is 1.78 bits per heavy atom. The van der Waals surface area contributed by atoms with Crippen LogP contribution in [0.4, 0.5) is 16.2 Å². The number of nitrogens with one attached hydrogen (secondary N) is 1. The van der Waals surface area contributed by atoms with E-state index in [0.717, 1.165) is 22.6 Å². The maximum Gasteiger partial charge on any atom is 0.335 e. The summed E-state index contributed by atoms with van der Waals surface area (Å²) in [7, 11) is 0. The van der Waals surface area contributed by atoms with E-state index >= 15 is 0 Å². The summed E-state index contributed by atoms with van der Waals surface area (Å²) in [6.07, 6.45) is 1.13. The number of aryl methyl sites for hydroxylation is 1. The standard InChI is InChI=1S/C18H12ClN3O5/c1-10-2-4-12(5-3-10)21-17(24)14(16(23)20-18(21)25)9-11-8-13(22(26)27)6-7-15(11)19/h2-9H,1H3,(H,20,23,25)/b14-9+. The maximum atomic E-state index is 12.8. The minimum atomic E-state index is -0.907. The van der Waals surface area contributed by atoms with E-state index in [2.05, 4.69) is 5.32 Å². The highest BCUT2D eigenvalue weighted by Gasteiger charge is 2.36. The average molecular weight is 386 g/mol. The fraction of sp³-hybridized carbons (Fsp3) is 0.0556. The molecule has 8 nitrogen and oxygen atoms in total. The number of rotatable bonds is 3. The van der Waals surface area contributed by atoms with E-state index in [9.17, 15) is 24.5 Å². The SMILES string of the molecule is Cc1ccc(N2C(=O)NC(=O)/C(=C\c3cc([N+](=O)[O-])ccc3Cl)C2=O)cc1. The minimum Gasteiger partial charge on any atom is -0.273 e. The molecule has 2 aromatic rings. The number of carbonyl (C=O) groups excluding carboxylic acids is 3. The van der Waals surface area contributed by atoms with E-state index < -0.39 is 22.8 Å². The van der Waals surface area contributed by atoms with Crippen LogP contribution in [0.25, 0.3) is 6.08 Å². The van der Waals surface area contributed by atoms with E-state index in [-0.39, 0.29) is 27.5 Å². The number of hydrogen-bond acceptors (Lipinski definition) is 5. The summed E-state index contributed by atoms with van der Waals surface area (Å²) in [6, 6.07) is 9.33. The Morgan fingerprint density at radius 1 is 1.11 bits per heavy atom. The molecule has 0 bridgehead atoms. The molecule has 1 saturated heterocycles. The number of nitrogens with zero attached hydrogens (tertiary/aromatic N) is 2. The lowest BCUT2D eigenvalue weighted by Crippen LogP contribution is -2.54. The number of benzene rings is 2. The molecule has 0 radical (unpaired) electrons. The number of imide groups is 2. The van der Waals surface area contributed by atoms with Gasteiger partial charge in [0.1, 0.15) is 5.57 Å². The number of halogens is 1. The van der Waals surface area contributed by atoms with Crippen LogP contribution in [-0.2, 0) is 9.59 Å². The quantitative estimate of drug-likeness (QED) is 0.377. The molecule has 0 aliphatic carbocycles. The Kier molecular flexibility index (Phi) is 4.74. The molecule has 0 atom stereocenters. The van der Waals surface area contributed by atoms with Crippen molar-refractivity contribution in [2.24, 2.45) is 0 Å². The van der Waals surface area contributed by atoms with E-state index in [1.54, 1.807) is 24.3 Å². The van der Waals surface area contributed by atoms with Crippen LogP contribution in [0.15, 0.2) is 48.0 Å². The van der Waals surface area contributed by atoms with Gasteiger partial charge < -0.3 is 0 Å². The first-order chi connectivity index (χ1) is 12.8. The largest absolute Gasteiger partial charge is 0.335 e. The molecule has 0 unspecified atom stereocenters.